The molecule has 1 heterocycles. The van der Waals surface area contributed by atoms with Crippen molar-refractivity contribution in [2.45, 2.75) is 27.3 Å². The minimum Gasteiger partial charge on any atom is -0.467 e. The monoisotopic (exact) mass is 300 g/mol. The third-order valence-corrected chi connectivity index (χ3v) is 3.24. The number of nitrogens with zero attached hydrogens (tertiary/aromatic N) is 1. The summed E-state index contributed by atoms with van der Waals surface area (Å²) in [7, 11) is 0. The number of amides is 2. The summed E-state index contributed by atoms with van der Waals surface area (Å²) in [6, 6.07) is 9.37. The van der Waals surface area contributed by atoms with Crippen LogP contribution in [0.5, 0.6) is 0 Å². The molecule has 2 rings (SSSR count). The Hall–Kier alpha value is -2.56. The molecule has 0 spiro atoms. The van der Waals surface area contributed by atoms with Crippen molar-refractivity contribution < 1.29 is 14.0 Å². The summed E-state index contributed by atoms with van der Waals surface area (Å²) in [5.74, 6) is 0.276. The maximum Gasteiger partial charge on any atom is 0.240 e. The highest BCUT2D eigenvalue weighted by Gasteiger charge is 2.16. The van der Waals surface area contributed by atoms with Crippen LogP contribution in [0.25, 0.3) is 0 Å². The molecule has 0 bridgehead atoms. The van der Waals surface area contributed by atoms with E-state index in [0.29, 0.717) is 12.3 Å². The first kappa shape index (κ1) is 15.8. The number of furan rings is 1. The van der Waals surface area contributed by atoms with Crippen molar-refractivity contribution in [1.29, 1.82) is 0 Å². The summed E-state index contributed by atoms with van der Waals surface area (Å²) in [6.07, 6.45) is 1.55. The van der Waals surface area contributed by atoms with Gasteiger partial charge in [-0.25, -0.2) is 0 Å². The molecule has 0 aliphatic rings. The van der Waals surface area contributed by atoms with Gasteiger partial charge in [0.05, 0.1) is 12.8 Å². The summed E-state index contributed by atoms with van der Waals surface area (Å²) in [4.78, 5) is 25.4. The number of anilines is 1. The van der Waals surface area contributed by atoms with Crippen LogP contribution >= 0.6 is 0 Å². The van der Waals surface area contributed by atoms with Gasteiger partial charge in [0, 0.05) is 12.6 Å². The van der Waals surface area contributed by atoms with Crippen molar-refractivity contribution in [2.24, 2.45) is 0 Å². The van der Waals surface area contributed by atoms with Crippen LogP contribution in [0.4, 0.5) is 5.69 Å². The lowest BCUT2D eigenvalue weighted by molar-refractivity contribution is -0.123. The third kappa shape index (κ3) is 4.22. The first-order valence-electron chi connectivity index (χ1n) is 7.11. The van der Waals surface area contributed by atoms with Gasteiger partial charge in [0.2, 0.25) is 11.8 Å². The Bertz CT molecular complexity index is 642. The SMILES string of the molecule is CC(=O)N(CC(=O)NCc1ccco1)c1cc(C)cc(C)c1. The summed E-state index contributed by atoms with van der Waals surface area (Å²) in [5.41, 5.74) is 2.84. The predicted molar refractivity (Wildman–Crippen MR) is 84.5 cm³/mol. The normalized spacial score (nSPS) is 10.3. The minimum absolute atomic E-state index is 0.0149. The zero-order chi connectivity index (χ0) is 16.1. The van der Waals surface area contributed by atoms with Gasteiger partial charge >= 0.3 is 0 Å². The molecule has 116 valence electrons. The molecule has 2 amide bonds. The van der Waals surface area contributed by atoms with Gasteiger partial charge in [-0.3, -0.25) is 9.59 Å². The molecule has 1 N–H and O–H groups in total. The number of aryl methyl sites for hydroxylation is 2. The summed E-state index contributed by atoms with van der Waals surface area (Å²) in [5, 5.41) is 2.74. The van der Waals surface area contributed by atoms with E-state index in [4.69, 9.17) is 4.42 Å². The first-order chi connectivity index (χ1) is 10.5. The first-order valence-corrected chi connectivity index (χ1v) is 7.11. The van der Waals surface area contributed by atoms with Crippen LogP contribution in [0, 0.1) is 13.8 Å². The molecule has 22 heavy (non-hydrogen) atoms. The Morgan fingerprint density at radius 3 is 2.41 bits per heavy atom. The van der Waals surface area contributed by atoms with Crippen molar-refractivity contribution in [3.63, 3.8) is 0 Å². The largest absolute Gasteiger partial charge is 0.467 e. The van der Waals surface area contributed by atoms with E-state index in [0.717, 1.165) is 16.8 Å². The molecular formula is C17H20N2O3. The van der Waals surface area contributed by atoms with Gasteiger partial charge in [-0.15, -0.1) is 0 Å². The molecule has 5 nitrogen and oxygen atoms in total. The van der Waals surface area contributed by atoms with E-state index < -0.39 is 0 Å². The number of benzene rings is 1. The third-order valence-electron chi connectivity index (χ3n) is 3.24. The molecule has 0 radical (unpaired) electrons. The lowest BCUT2D eigenvalue weighted by Gasteiger charge is -2.21. The number of carbonyl (C=O) groups excluding carboxylic acids is 2. The van der Waals surface area contributed by atoms with E-state index in [1.807, 2.05) is 32.0 Å². The molecule has 1 aromatic carbocycles. The van der Waals surface area contributed by atoms with Crippen LogP contribution in [0.15, 0.2) is 41.0 Å². The molecule has 2 aromatic rings. The highest BCUT2D eigenvalue weighted by atomic mass is 16.3. The molecular weight excluding hydrogens is 280 g/mol. The molecule has 0 atom stereocenters. The van der Waals surface area contributed by atoms with Gasteiger partial charge in [0.1, 0.15) is 12.3 Å². The number of hydrogen-bond donors (Lipinski definition) is 1. The second-order valence-electron chi connectivity index (χ2n) is 5.31. The van der Waals surface area contributed by atoms with Crippen LogP contribution < -0.4 is 10.2 Å². The minimum atomic E-state index is -0.231. The summed E-state index contributed by atoms with van der Waals surface area (Å²) >= 11 is 0. The van der Waals surface area contributed by atoms with Crippen molar-refractivity contribution in [1.82, 2.24) is 5.32 Å². The molecule has 0 unspecified atom stereocenters. The zero-order valence-corrected chi connectivity index (χ0v) is 13.1. The summed E-state index contributed by atoms with van der Waals surface area (Å²) < 4.78 is 5.16. The van der Waals surface area contributed by atoms with E-state index in [2.05, 4.69) is 5.32 Å². The van der Waals surface area contributed by atoms with Gasteiger partial charge in [-0.2, -0.15) is 0 Å². The predicted octanol–water partition coefficient (Wildman–Crippen LogP) is 2.57. The molecule has 0 saturated carbocycles. The van der Waals surface area contributed by atoms with Gasteiger partial charge in [-0.05, 0) is 49.2 Å². The zero-order valence-electron chi connectivity index (χ0n) is 13.1. The highest BCUT2D eigenvalue weighted by molar-refractivity contribution is 5.97. The maximum atomic E-state index is 12.0. The Morgan fingerprint density at radius 2 is 1.86 bits per heavy atom. The standard InChI is InChI=1S/C17H20N2O3/c1-12-7-13(2)9-15(8-12)19(14(3)20)11-17(21)18-10-16-5-4-6-22-16/h4-9H,10-11H2,1-3H3,(H,18,21). The molecule has 0 aliphatic carbocycles. The Kier molecular flexibility index (Phi) is 4.99. The number of carbonyl (C=O) groups is 2. The van der Waals surface area contributed by atoms with Crippen LogP contribution in [-0.2, 0) is 16.1 Å². The van der Waals surface area contributed by atoms with Crippen molar-refractivity contribution in [3.8, 4) is 0 Å². The van der Waals surface area contributed by atoms with E-state index >= 15 is 0 Å². The van der Waals surface area contributed by atoms with Crippen LogP contribution in [0.3, 0.4) is 0 Å². The summed E-state index contributed by atoms with van der Waals surface area (Å²) in [6.45, 7) is 5.68. The van der Waals surface area contributed by atoms with E-state index in [1.54, 1.807) is 18.4 Å². The smallest absolute Gasteiger partial charge is 0.240 e. The van der Waals surface area contributed by atoms with E-state index in [9.17, 15) is 9.59 Å². The number of hydrogen-bond acceptors (Lipinski definition) is 3. The van der Waals surface area contributed by atoms with Crippen LogP contribution in [0.1, 0.15) is 23.8 Å². The topological polar surface area (TPSA) is 62.6 Å². The van der Waals surface area contributed by atoms with Gasteiger partial charge < -0.3 is 14.6 Å². The van der Waals surface area contributed by atoms with Gasteiger partial charge in [0.25, 0.3) is 0 Å². The fourth-order valence-corrected chi connectivity index (χ4v) is 2.29. The van der Waals surface area contributed by atoms with E-state index in [-0.39, 0.29) is 18.4 Å². The lowest BCUT2D eigenvalue weighted by atomic mass is 10.1. The van der Waals surface area contributed by atoms with Crippen molar-refractivity contribution in [3.05, 3.63) is 53.5 Å². The molecule has 5 heteroatoms. The van der Waals surface area contributed by atoms with Crippen molar-refractivity contribution >= 4 is 17.5 Å². The number of nitrogens with one attached hydrogen (secondary N) is 1. The van der Waals surface area contributed by atoms with Crippen LogP contribution in [-0.4, -0.2) is 18.4 Å². The molecule has 0 saturated heterocycles. The average molecular weight is 300 g/mol. The Labute approximate surface area is 129 Å². The Morgan fingerprint density at radius 1 is 1.18 bits per heavy atom. The number of rotatable bonds is 5. The fourth-order valence-electron chi connectivity index (χ4n) is 2.29. The lowest BCUT2D eigenvalue weighted by Crippen LogP contribution is -2.39. The quantitative estimate of drug-likeness (QED) is 0.923. The maximum absolute atomic E-state index is 12.0. The second kappa shape index (κ2) is 6.93. The Balaban J connectivity index is 2.05. The molecule has 0 aliphatic heterocycles. The van der Waals surface area contributed by atoms with Gasteiger partial charge in [-0.1, -0.05) is 6.07 Å². The second-order valence-corrected chi connectivity index (χ2v) is 5.31. The van der Waals surface area contributed by atoms with Gasteiger partial charge in [0.15, 0.2) is 0 Å². The fraction of sp³-hybridized carbons (Fsp3) is 0.294. The molecule has 1 aromatic heterocycles. The highest BCUT2D eigenvalue weighted by Crippen LogP contribution is 2.18. The van der Waals surface area contributed by atoms with Crippen molar-refractivity contribution in [2.75, 3.05) is 11.4 Å². The average Bonchev–Trinajstić information content (AvgIpc) is 2.94. The molecule has 0 fully saturated rings. The van der Waals surface area contributed by atoms with E-state index in [1.165, 1.54) is 11.8 Å². The van der Waals surface area contributed by atoms with Crippen LogP contribution in [0.2, 0.25) is 0 Å².